The highest BCUT2D eigenvalue weighted by Crippen LogP contribution is 2.38. The van der Waals surface area contributed by atoms with Gasteiger partial charge in [0.25, 0.3) is 0 Å². The number of nitrogens with zero attached hydrogens (tertiary/aromatic N) is 1. The highest BCUT2D eigenvalue weighted by atomic mass is 16.5. The molecule has 0 bridgehead atoms. The van der Waals surface area contributed by atoms with Gasteiger partial charge in [-0.2, -0.15) is 0 Å². The van der Waals surface area contributed by atoms with Gasteiger partial charge in [0.2, 0.25) is 17.6 Å². The molecule has 0 unspecified atom stereocenters. The van der Waals surface area contributed by atoms with Crippen molar-refractivity contribution in [2.24, 2.45) is 0 Å². The van der Waals surface area contributed by atoms with Gasteiger partial charge in [0.05, 0.1) is 33.8 Å². The number of fused-ring (bicyclic) bond motifs is 1. The van der Waals surface area contributed by atoms with Gasteiger partial charge in [0.1, 0.15) is 0 Å². The van der Waals surface area contributed by atoms with Gasteiger partial charge in [0, 0.05) is 19.7 Å². The number of nitrogens with one attached hydrogen (secondary N) is 1. The molecular formula is C23H26N2O5. The Hall–Kier alpha value is -3.48. The Morgan fingerprint density at radius 3 is 2.30 bits per heavy atom. The molecule has 7 nitrogen and oxygen atoms in total. The third kappa shape index (κ3) is 4.40. The molecule has 0 radical (unpaired) electrons. The maximum absolute atomic E-state index is 12.7. The van der Waals surface area contributed by atoms with Crippen LogP contribution in [0.2, 0.25) is 0 Å². The molecule has 1 aliphatic heterocycles. The summed E-state index contributed by atoms with van der Waals surface area (Å²) in [4.78, 5) is 26.4. The van der Waals surface area contributed by atoms with Crippen molar-refractivity contribution >= 4 is 17.9 Å². The van der Waals surface area contributed by atoms with E-state index in [1.807, 2.05) is 30.3 Å². The second-order valence-corrected chi connectivity index (χ2v) is 6.90. The molecule has 0 spiro atoms. The number of methoxy groups -OCH3 is 3. The van der Waals surface area contributed by atoms with E-state index in [1.54, 1.807) is 44.6 Å². The van der Waals surface area contributed by atoms with E-state index in [1.165, 1.54) is 6.92 Å². The van der Waals surface area contributed by atoms with E-state index in [9.17, 15) is 9.59 Å². The van der Waals surface area contributed by atoms with E-state index in [4.69, 9.17) is 14.2 Å². The number of carbonyl (C=O) groups is 2. The molecule has 3 rings (SSSR count). The Balaban J connectivity index is 1.74. The largest absolute Gasteiger partial charge is 0.493 e. The van der Waals surface area contributed by atoms with Gasteiger partial charge in [-0.3, -0.25) is 9.59 Å². The third-order valence-electron chi connectivity index (χ3n) is 5.06. The zero-order chi connectivity index (χ0) is 21.7. The van der Waals surface area contributed by atoms with Crippen molar-refractivity contribution in [3.8, 4) is 17.2 Å². The summed E-state index contributed by atoms with van der Waals surface area (Å²) in [5, 5.41) is 2.92. The smallest absolute Gasteiger partial charge is 0.223 e. The second-order valence-electron chi connectivity index (χ2n) is 6.90. The maximum Gasteiger partial charge on any atom is 0.223 e. The summed E-state index contributed by atoms with van der Waals surface area (Å²) in [5.41, 5.74) is 2.78. The summed E-state index contributed by atoms with van der Waals surface area (Å²) < 4.78 is 16.0. The van der Waals surface area contributed by atoms with E-state index in [0.717, 1.165) is 16.7 Å². The van der Waals surface area contributed by atoms with Crippen LogP contribution in [0, 0.1) is 0 Å². The molecule has 0 aliphatic carbocycles. The van der Waals surface area contributed by atoms with E-state index in [-0.39, 0.29) is 24.3 Å². The quantitative estimate of drug-likeness (QED) is 0.758. The minimum Gasteiger partial charge on any atom is -0.493 e. The first-order chi connectivity index (χ1) is 14.5. The fourth-order valence-electron chi connectivity index (χ4n) is 3.60. The van der Waals surface area contributed by atoms with Crippen LogP contribution in [0.3, 0.4) is 0 Å². The standard InChI is InChI=1S/C23H26N2O5/c1-15(26)25-10-9-17-7-5-6-8-18(17)19(25)13-22(27)24-14-16-11-20(28-2)23(30-4)21(12-16)29-3/h5-12,19H,13-14H2,1-4H3,(H,24,27)/t19-/m0/s1. The number of ether oxygens (including phenoxy) is 3. The first-order valence-electron chi connectivity index (χ1n) is 9.60. The predicted molar refractivity (Wildman–Crippen MR) is 113 cm³/mol. The maximum atomic E-state index is 12.7. The molecule has 2 aromatic rings. The number of carbonyl (C=O) groups excluding carboxylic acids is 2. The molecular weight excluding hydrogens is 384 g/mol. The van der Waals surface area contributed by atoms with Crippen LogP contribution < -0.4 is 19.5 Å². The van der Waals surface area contributed by atoms with Crippen LogP contribution >= 0.6 is 0 Å². The number of hydrogen-bond acceptors (Lipinski definition) is 5. The Labute approximate surface area is 176 Å². The average molecular weight is 410 g/mol. The lowest BCUT2D eigenvalue weighted by molar-refractivity contribution is -0.130. The van der Waals surface area contributed by atoms with Crippen molar-refractivity contribution in [1.29, 1.82) is 0 Å². The minimum atomic E-state index is -0.344. The zero-order valence-corrected chi connectivity index (χ0v) is 17.6. The average Bonchev–Trinajstić information content (AvgIpc) is 2.76. The van der Waals surface area contributed by atoms with Gasteiger partial charge < -0.3 is 24.4 Å². The Morgan fingerprint density at radius 1 is 1.03 bits per heavy atom. The Bertz CT molecular complexity index is 945. The lowest BCUT2D eigenvalue weighted by Crippen LogP contribution is -2.35. The first kappa shape index (κ1) is 21.2. The summed E-state index contributed by atoms with van der Waals surface area (Å²) in [6.45, 7) is 1.79. The van der Waals surface area contributed by atoms with Gasteiger partial charge in [0.15, 0.2) is 11.5 Å². The normalized spacial score (nSPS) is 14.7. The van der Waals surface area contributed by atoms with E-state index >= 15 is 0 Å². The van der Waals surface area contributed by atoms with Gasteiger partial charge in [-0.1, -0.05) is 24.3 Å². The summed E-state index contributed by atoms with van der Waals surface area (Å²) in [6.07, 6.45) is 3.79. The van der Waals surface area contributed by atoms with Gasteiger partial charge in [-0.05, 0) is 34.9 Å². The lowest BCUT2D eigenvalue weighted by atomic mass is 9.93. The van der Waals surface area contributed by atoms with Gasteiger partial charge in [-0.15, -0.1) is 0 Å². The second kappa shape index (κ2) is 9.35. The minimum absolute atomic E-state index is 0.108. The van der Waals surface area contributed by atoms with Gasteiger partial charge >= 0.3 is 0 Å². The van der Waals surface area contributed by atoms with E-state index in [2.05, 4.69) is 5.32 Å². The molecule has 0 fully saturated rings. The van der Waals surface area contributed by atoms with Crippen molar-refractivity contribution < 1.29 is 23.8 Å². The molecule has 7 heteroatoms. The van der Waals surface area contributed by atoms with Crippen molar-refractivity contribution in [3.63, 3.8) is 0 Å². The van der Waals surface area contributed by atoms with Crippen LogP contribution in [0.5, 0.6) is 17.2 Å². The molecule has 0 aromatic heterocycles. The molecule has 158 valence electrons. The molecule has 0 saturated heterocycles. The molecule has 0 saturated carbocycles. The van der Waals surface area contributed by atoms with Crippen LogP contribution in [0.15, 0.2) is 42.6 Å². The lowest BCUT2D eigenvalue weighted by Gasteiger charge is -2.32. The topological polar surface area (TPSA) is 77.1 Å². The third-order valence-corrected chi connectivity index (χ3v) is 5.06. The van der Waals surface area contributed by atoms with Crippen molar-refractivity contribution in [3.05, 3.63) is 59.3 Å². The molecule has 30 heavy (non-hydrogen) atoms. The van der Waals surface area contributed by atoms with Crippen LogP contribution in [0.1, 0.15) is 36.1 Å². The fourth-order valence-corrected chi connectivity index (χ4v) is 3.60. The first-order valence-corrected chi connectivity index (χ1v) is 9.60. The predicted octanol–water partition coefficient (Wildman–Crippen LogP) is 3.29. The number of hydrogen-bond donors (Lipinski definition) is 1. The summed E-state index contributed by atoms with van der Waals surface area (Å²) in [6, 6.07) is 11.0. The zero-order valence-electron chi connectivity index (χ0n) is 17.6. The fraction of sp³-hybridized carbons (Fsp3) is 0.304. The van der Waals surface area contributed by atoms with Crippen LogP contribution in [-0.2, 0) is 16.1 Å². The van der Waals surface area contributed by atoms with E-state index in [0.29, 0.717) is 23.8 Å². The summed E-state index contributed by atoms with van der Waals surface area (Å²) >= 11 is 0. The molecule has 1 aliphatic rings. The highest BCUT2D eigenvalue weighted by Gasteiger charge is 2.28. The molecule has 1 N–H and O–H groups in total. The molecule has 1 heterocycles. The van der Waals surface area contributed by atoms with Crippen LogP contribution in [0.25, 0.3) is 6.08 Å². The van der Waals surface area contributed by atoms with Crippen molar-refractivity contribution in [2.75, 3.05) is 21.3 Å². The SMILES string of the molecule is COc1cc(CNC(=O)C[C@H]2c3ccccc3C=CN2C(C)=O)cc(OC)c1OC. The van der Waals surface area contributed by atoms with Crippen LogP contribution in [-0.4, -0.2) is 38.0 Å². The number of rotatable bonds is 7. The van der Waals surface area contributed by atoms with E-state index < -0.39 is 0 Å². The van der Waals surface area contributed by atoms with Crippen molar-refractivity contribution in [2.45, 2.75) is 25.9 Å². The Morgan fingerprint density at radius 2 is 1.70 bits per heavy atom. The molecule has 1 atom stereocenters. The highest BCUT2D eigenvalue weighted by molar-refractivity contribution is 5.81. The molecule has 2 aromatic carbocycles. The van der Waals surface area contributed by atoms with Gasteiger partial charge in [-0.25, -0.2) is 0 Å². The summed E-state index contributed by atoms with van der Waals surface area (Å²) in [5.74, 6) is 1.27. The molecule has 2 amide bonds. The number of benzene rings is 2. The van der Waals surface area contributed by atoms with Crippen molar-refractivity contribution in [1.82, 2.24) is 10.2 Å². The number of amides is 2. The monoisotopic (exact) mass is 410 g/mol. The van der Waals surface area contributed by atoms with Crippen LogP contribution in [0.4, 0.5) is 0 Å². The Kier molecular flexibility index (Phi) is 6.61. The summed E-state index contributed by atoms with van der Waals surface area (Å²) in [7, 11) is 4.63.